The number of hydrogen-bond donors (Lipinski definition) is 1. The summed E-state index contributed by atoms with van der Waals surface area (Å²) in [6, 6.07) is 2.41. The molecule has 0 aliphatic carbocycles. The lowest BCUT2D eigenvalue weighted by molar-refractivity contribution is -0.122. The molecule has 0 spiro atoms. The Morgan fingerprint density at radius 2 is 2.00 bits per heavy atom. The van der Waals surface area contributed by atoms with E-state index in [1.54, 1.807) is 0 Å². The first-order chi connectivity index (χ1) is 10.2. The van der Waals surface area contributed by atoms with E-state index in [4.69, 9.17) is 0 Å². The molecule has 0 saturated heterocycles. The maximum absolute atomic E-state index is 12.1. The molecule has 1 amide bonds. The number of carbonyl (C=O) groups excluding carboxylic acids is 1. The predicted octanol–water partition coefficient (Wildman–Crippen LogP) is 0.403. The fourth-order valence-corrected chi connectivity index (χ4v) is 2.90. The lowest BCUT2D eigenvalue weighted by Crippen LogP contribution is -2.37. The van der Waals surface area contributed by atoms with Crippen molar-refractivity contribution in [1.82, 2.24) is 14.2 Å². The van der Waals surface area contributed by atoms with Gasteiger partial charge in [-0.05, 0) is 19.4 Å². The molecule has 0 saturated carbocycles. The summed E-state index contributed by atoms with van der Waals surface area (Å²) in [5, 5.41) is 2.78. The average molecular weight is 329 g/mol. The highest BCUT2D eigenvalue weighted by atomic mass is 32.2. The molecule has 1 aromatic rings. The van der Waals surface area contributed by atoms with Crippen LogP contribution in [0.3, 0.4) is 0 Å². The van der Waals surface area contributed by atoms with Crippen LogP contribution in [0.2, 0.25) is 0 Å². The molecule has 0 aliphatic heterocycles. The van der Waals surface area contributed by atoms with Crippen LogP contribution >= 0.6 is 0 Å². The maximum Gasteiger partial charge on any atom is 0.251 e. The van der Waals surface area contributed by atoms with Crippen LogP contribution in [-0.4, -0.2) is 43.3 Å². The summed E-state index contributed by atoms with van der Waals surface area (Å²) in [7, 11) is -0.828. The number of pyridine rings is 1. The molecule has 0 bridgehead atoms. The van der Waals surface area contributed by atoms with Gasteiger partial charge in [0.05, 0.1) is 4.90 Å². The van der Waals surface area contributed by atoms with Crippen molar-refractivity contribution in [3.8, 4) is 0 Å². The van der Waals surface area contributed by atoms with E-state index < -0.39 is 15.6 Å². The van der Waals surface area contributed by atoms with Gasteiger partial charge in [-0.15, -0.1) is 0 Å². The van der Waals surface area contributed by atoms with Gasteiger partial charge in [0.15, 0.2) is 0 Å². The summed E-state index contributed by atoms with van der Waals surface area (Å²) in [6.45, 7) is 3.70. The second-order valence-corrected chi connectivity index (χ2v) is 7.53. The predicted molar refractivity (Wildman–Crippen MR) is 84.1 cm³/mol. The van der Waals surface area contributed by atoms with Crippen LogP contribution in [-0.2, 0) is 21.4 Å². The van der Waals surface area contributed by atoms with Gasteiger partial charge in [0.25, 0.3) is 5.56 Å². The molecule has 0 radical (unpaired) electrons. The number of aromatic nitrogens is 1. The number of hydrogen-bond acceptors (Lipinski definition) is 4. The summed E-state index contributed by atoms with van der Waals surface area (Å²) in [6.07, 6.45) is 2.98. The van der Waals surface area contributed by atoms with Crippen molar-refractivity contribution in [1.29, 1.82) is 0 Å². The van der Waals surface area contributed by atoms with E-state index in [1.165, 1.54) is 26.4 Å². The minimum atomic E-state index is -3.64. The third-order valence-electron chi connectivity index (χ3n) is 3.18. The Hall–Kier alpha value is -1.67. The van der Waals surface area contributed by atoms with Gasteiger partial charge >= 0.3 is 0 Å². The van der Waals surface area contributed by atoms with E-state index in [1.807, 2.05) is 13.8 Å². The molecule has 1 N–H and O–H groups in total. The smallest absolute Gasteiger partial charge is 0.251 e. The van der Waals surface area contributed by atoms with Gasteiger partial charge in [-0.2, -0.15) is 0 Å². The van der Waals surface area contributed by atoms with Gasteiger partial charge < -0.3 is 9.88 Å². The molecule has 1 rings (SSSR count). The first-order valence-corrected chi connectivity index (χ1v) is 8.55. The van der Waals surface area contributed by atoms with Crippen LogP contribution < -0.4 is 10.9 Å². The minimum Gasteiger partial charge on any atom is -0.352 e. The van der Waals surface area contributed by atoms with Crippen molar-refractivity contribution in [2.75, 3.05) is 14.1 Å². The van der Waals surface area contributed by atoms with Crippen LogP contribution in [0.15, 0.2) is 28.0 Å². The molecule has 7 nitrogen and oxygen atoms in total. The van der Waals surface area contributed by atoms with Crippen molar-refractivity contribution >= 4 is 15.9 Å². The fraction of sp³-hybridized carbons (Fsp3) is 0.571. The van der Waals surface area contributed by atoms with Crippen LogP contribution in [0.25, 0.3) is 0 Å². The first-order valence-electron chi connectivity index (χ1n) is 7.11. The van der Waals surface area contributed by atoms with Crippen LogP contribution in [0.4, 0.5) is 0 Å². The Bertz CT molecular complexity index is 680. The number of carbonyl (C=O) groups is 1. The lowest BCUT2D eigenvalue weighted by atomic mass is 10.2. The molecule has 124 valence electrons. The molecule has 8 heteroatoms. The number of rotatable bonds is 7. The topological polar surface area (TPSA) is 88.5 Å². The summed E-state index contributed by atoms with van der Waals surface area (Å²) in [5.41, 5.74) is -0.420. The normalized spacial score (nSPS) is 13.1. The zero-order valence-electron chi connectivity index (χ0n) is 13.4. The summed E-state index contributed by atoms with van der Waals surface area (Å²) in [5.74, 6) is -0.317. The molecule has 0 unspecified atom stereocenters. The first kappa shape index (κ1) is 18.4. The molecular weight excluding hydrogens is 306 g/mol. The summed E-state index contributed by atoms with van der Waals surface area (Å²) < 4.78 is 26.3. The molecule has 0 aliphatic rings. The number of nitrogens with one attached hydrogen (secondary N) is 1. The highest BCUT2D eigenvalue weighted by Crippen LogP contribution is 2.10. The van der Waals surface area contributed by atoms with Gasteiger partial charge in [0.1, 0.15) is 6.54 Å². The number of amides is 1. The Kier molecular flexibility index (Phi) is 6.31. The van der Waals surface area contributed by atoms with Gasteiger partial charge in [0.2, 0.25) is 15.9 Å². The molecule has 1 atom stereocenters. The Morgan fingerprint density at radius 3 is 2.55 bits per heavy atom. The summed E-state index contributed by atoms with van der Waals surface area (Å²) >= 11 is 0. The third-order valence-corrected chi connectivity index (χ3v) is 4.98. The van der Waals surface area contributed by atoms with Gasteiger partial charge in [0, 0.05) is 32.4 Å². The highest BCUT2D eigenvalue weighted by Gasteiger charge is 2.18. The molecule has 1 heterocycles. The van der Waals surface area contributed by atoms with Crippen LogP contribution in [0.5, 0.6) is 0 Å². The fourth-order valence-electron chi connectivity index (χ4n) is 1.98. The zero-order chi connectivity index (χ0) is 16.9. The van der Waals surface area contributed by atoms with Gasteiger partial charge in [-0.1, -0.05) is 13.3 Å². The largest absolute Gasteiger partial charge is 0.352 e. The Labute approximate surface area is 131 Å². The number of sulfonamides is 1. The Balaban J connectivity index is 2.97. The van der Waals surface area contributed by atoms with E-state index in [9.17, 15) is 18.0 Å². The van der Waals surface area contributed by atoms with E-state index in [0.29, 0.717) is 0 Å². The molecule has 0 aromatic carbocycles. The second kappa shape index (κ2) is 7.55. The van der Waals surface area contributed by atoms with Crippen molar-refractivity contribution < 1.29 is 13.2 Å². The Morgan fingerprint density at radius 1 is 1.36 bits per heavy atom. The van der Waals surface area contributed by atoms with E-state index in [2.05, 4.69) is 5.32 Å². The third kappa shape index (κ3) is 4.67. The van der Waals surface area contributed by atoms with Crippen LogP contribution in [0, 0.1) is 0 Å². The second-order valence-electron chi connectivity index (χ2n) is 5.38. The minimum absolute atomic E-state index is 0.0156. The summed E-state index contributed by atoms with van der Waals surface area (Å²) in [4.78, 5) is 23.7. The SMILES string of the molecule is CCC[C@@H](C)NC(=O)Cn1cc(S(=O)(=O)N(C)C)ccc1=O. The van der Waals surface area contributed by atoms with E-state index in [-0.39, 0.29) is 23.4 Å². The van der Waals surface area contributed by atoms with Crippen molar-refractivity contribution in [2.45, 2.75) is 44.2 Å². The van der Waals surface area contributed by atoms with Gasteiger partial charge in [-0.3, -0.25) is 9.59 Å². The monoisotopic (exact) mass is 329 g/mol. The maximum atomic E-state index is 12.1. The molecule has 22 heavy (non-hydrogen) atoms. The lowest BCUT2D eigenvalue weighted by Gasteiger charge is -2.15. The zero-order valence-corrected chi connectivity index (χ0v) is 14.2. The van der Waals surface area contributed by atoms with Crippen molar-refractivity contribution in [2.24, 2.45) is 0 Å². The molecule has 1 aromatic heterocycles. The molecule has 0 fully saturated rings. The highest BCUT2D eigenvalue weighted by molar-refractivity contribution is 7.89. The molecular formula is C14H23N3O4S. The average Bonchev–Trinajstić information content (AvgIpc) is 2.40. The van der Waals surface area contributed by atoms with E-state index >= 15 is 0 Å². The number of nitrogens with zero attached hydrogens (tertiary/aromatic N) is 2. The quantitative estimate of drug-likeness (QED) is 0.784. The van der Waals surface area contributed by atoms with Gasteiger partial charge in [-0.25, -0.2) is 12.7 Å². The van der Waals surface area contributed by atoms with Crippen LogP contribution in [0.1, 0.15) is 26.7 Å². The standard InChI is InChI=1S/C14H23N3O4S/c1-5-6-11(2)15-13(18)10-17-9-12(7-8-14(17)19)22(20,21)16(3)4/h7-9,11H,5-6,10H2,1-4H3,(H,15,18)/t11-/m1/s1. The van der Waals surface area contributed by atoms with Crippen molar-refractivity contribution in [3.05, 3.63) is 28.7 Å². The van der Waals surface area contributed by atoms with Crippen molar-refractivity contribution in [3.63, 3.8) is 0 Å². The van der Waals surface area contributed by atoms with E-state index in [0.717, 1.165) is 27.8 Å².